The van der Waals surface area contributed by atoms with Crippen LogP contribution in [-0.2, 0) is 23.9 Å². The molecule has 1 saturated heterocycles. The Hall–Kier alpha value is -1.39. The number of amides is 2. The number of alkyl halides is 3. The Labute approximate surface area is 195 Å². The Bertz CT molecular complexity index is 892. The summed E-state index contributed by atoms with van der Waals surface area (Å²) < 4.78 is 3.11. The van der Waals surface area contributed by atoms with Crippen LogP contribution in [0.15, 0.2) is 46.5 Å². The van der Waals surface area contributed by atoms with Crippen molar-refractivity contribution < 1.29 is 23.9 Å². The molecule has 1 fully saturated rings. The number of carbonyl (C=O) groups is 4. The number of thioether (sulfide) groups is 2. The van der Waals surface area contributed by atoms with E-state index in [1.54, 1.807) is 0 Å². The molecular formula is C18H15Cl3N2O5S2. The standard InChI is InChI=1S/C18H15Cl3N2O5S2/c19-18(20,21)9-28-17(27)14-10(6-24)7-30-16-13(15(26)23(14)16)22-12(25)8-29-11-4-2-1-3-5-11/h1-6,13,16H,7-9H2,(H,22,25)/t13?,16-/m0/s1. The lowest BCUT2D eigenvalue weighted by Gasteiger charge is -2.49. The van der Waals surface area contributed by atoms with E-state index in [-0.39, 0.29) is 28.7 Å². The Morgan fingerprint density at radius 3 is 2.63 bits per heavy atom. The van der Waals surface area contributed by atoms with Gasteiger partial charge < -0.3 is 10.1 Å². The van der Waals surface area contributed by atoms with Crippen LogP contribution < -0.4 is 5.32 Å². The number of halogens is 3. The normalized spacial score (nSPS) is 20.9. The first-order valence-corrected chi connectivity index (χ1v) is 11.7. The van der Waals surface area contributed by atoms with Gasteiger partial charge in [-0.2, -0.15) is 0 Å². The molecule has 2 heterocycles. The summed E-state index contributed by atoms with van der Waals surface area (Å²) >= 11 is 19.4. The first-order chi connectivity index (χ1) is 14.2. The second-order valence-electron chi connectivity index (χ2n) is 6.24. The molecule has 2 aliphatic rings. The molecule has 0 saturated carbocycles. The molecule has 1 unspecified atom stereocenters. The summed E-state index contributed by atoms with van der Waals surface area (Å²) in [6, 6.07) is 8.57. The maximum atomic E-state index is 12.6. The maximum Gasteiger partial charge on any atom is 0.355 e. The minimum atomic E-state index is -1.83. The van der Waals surface area contributed by atoms with Gasteiger partial charge in [-0.25, -0.2) is 4.79 Å². The molecule has 12 heteroatoms. The zero-order chi connectivity index (χ0) is 21.9. The predicted molar refractivity (Wildman–Crippen MR) is 117 cm³/mol. The minimum absolute atomic E-state index is 0.100. The van der Waals surface area contributed by atoms with Gasteiger partial charge in [0, 0.05) is 16.2 Å². The molecule has 0 aromatic heterocycles. The maximum absolute atomic E-state index is 12.6. The number of hydrogen-bond acceptors (Lipinski definition) is 7. The molecule has 160 valence electrons. The molecule has 0 bridgehead atoms. The van der Waals surface area contributed by atoms with Crippen molar-refractivity contribution >= 4 is 82.4 Å². The lowest BCUT2D eigenvalue weighted by molar-refractivity contribution is -0.152. The van der Waals surface area contributed by atoms with Crippen LogP contribution in [0.25, 0.3) is 0 Å². The lowest BCUT2D eigenvalue weighted by atomic mass is 10.0. The third-order valence-electron chi connectivity index (χ3n) is 4.13. The SMILES string of the molecule is O=CC1=C(C(=O)OCC(Cl)(Cl)Cl)N2C(=O)C(NC(=O)CSc3ccccc3)[C@@H]2SC1. The third kappa shape index (κ3) is 5.45. The van der Waals surface area contributed by atoms with E-state index in [1.807, 2.05) is 30.3 Å². The molecule has 2 amide bonds. The van der Waals surface area contributed by atoms with E-state index < -0.39 is 33.7 Å². The van der Waals surface area contributed by atoms with E-state index in [0.717, 1.165) is 9.80 Å². The van der Waals surface area contributed by atoms with Crippen LogP contribution in [0, 0.1) is 0 Å². The van der Waals surface area contributed by atoms with Crippen molar-refractivity contribution in [2.45, 2.75) is 20.1 Å². The number of esters is 1. The van der Waals surface area contributed by atoms with Gasteiger partial charge in [0.05, 0.1) is 5.75 Å². The summed E-state index contributed by atoms with van der Waals surface area (Å²) in [4.78, 5) is 50.8. The molecule has 1 aromatic rings. The van der Waals surface area contributed by atoms with E-state index in [0.29, 0.717) is 6.29 Å². The molecule has 0 aliphatic carbocycles. The van der Waals surface area contributed by atoms with Crippen molar-refractivity contribution in [2.24, 2.45) is 0 Å². The Morgan fingerprint density at radius 1 is 1.30 bits per heavy atom. The fraction of sp³-hybridized carbons (Fsp3) is 0.333. The second kappa shape index (κ2) is 9.82. The average Bonchev–Trinajstić information content (AvgIpc) is 2.73. The Balaban J connectivity index is 1.63. The van der Waals surface area contributed by atoms with Crippen LogP contribution in [-0.4, -0.2) is 62.3 Å². The third-order valence-corrected chi connectivity index (χ3v) is 6.77. The number of aldehydes is 1. The molecule has 2 aliphatic heterocycles. The summed E-state index contributed by atoms with van der Waals surface area (Å²) in [5.41, 5.74) is -0.0829. The van der Waals surface area contributed by atoms with Gasteiger partial charge in [-0.1, -0.05) is 53.0 Å². The van der Waals surface area contributed by atoms with Gasteiger partial charge in [0.1, 0.15) is 30.0 Å². The van der Waals surface area contributed by atoms with Crippen LogP contribution in [0.1, 0.15) is 0 Å². The van der Waals surface area contributed by atoms with E-state index in [1.165, 1.54) is 23.5 Å². The number of hydrogen-bond donors (Lipinski definition) is 1. The second-order valence-corrected chi connectivity index (χ2v) is 10.9. The highest BCUT2D eigenvalue weighted by Crippen LogP contribution is 2.40. The molecular weight excluding hydrogens is 495 g/mol. The number of nitrogens with one attached hydrogen (secondary N) is 1. The Morgan fingerprint density at radius 2 is 2.00 bits per heavy atom. The van der Waals surface area contributed by atoms with Crippen molar-refractivity contribution in [3.63, 3.8) is 0 Å². The zero-order valence-electron chi connectivity index (χ0n) is 15.2. The van der Waals surface area contributed by atoms with Crippen molar-refractivity contribution in [2.75, 3.05) is 18.1 Å². The zero-order valence-corrected chi connectivity index (χ0v) is 19.1. The number of ether oxygens (including phenoxy) is 1. The van der Waals surface area contributed by atoms with Gasteiger partial charge in [0.2, 0.25) is 9.70 Å². The number of rotatable bonds is 7. The molecule has 1 aromatic carbocycles. The van der Waals surface area contributed by atoms with Crippen LogP contribution >= 0.6 is 58.3 Å². The largest absolute Gasteiger partial charge is 0.456 e. The molecule has 3 rings (SSSR count). The highest BCUT2D eigenvalue weighted by atomic mass is 35.6. The molecule has 0 spiro atoms. The summed E-state index contributed by atoms with van der Waals surface area (Å²) in [7, 11) is 0. The smallest absolute Gasteiger partial charge is 0.355 e. The fourth-order valence-electron chi connectivity index (χ4n) is 2.82. The molecule has 7 nitrogen and oxygen atoms in total. The summed E-state index contributed by atoms with van der Waals surface area (Å²) in [5.74, 6) is -1.44. The van der Waals surface area contributed by atoms with E-state index in [9.17, 15) is 19.2 Å². The first-order valence-electron chi connectivity index (χ1n) is 8.55. The molecule has 1 N–H and O–H groups in total. The number of benzene rings is 1. The van der Waals surface area contributed by atoms with E-state index in [2.05, 4.69) is 5.32 Å². The van der Waals surface area contributed by atoms with Gasteiger partial charge in [-0.05, 0) is 12.1 Å². The van der Waals surface area contributed by atoms with Gasteiger partial charge in [0.25, 0.3) is 5.91 Å². The van der Waals surface area contributed by atoms with Crippen molar-refractivity contribution in [3.8, 4) is 0 Å². The van der Waals surface area contributed by atoms with Gasteiger partial charge in [-0.15, -0.1) is 23.5 Å². The molecule has 30 heavy (non-hydrogen) atoms. The van der Waals surface area contributed by atoms with Crippen LogP contribution in [0.2, 0.25) is 0 Å². The predicted octanol–water partition coefficient (Wildman–Crippen LogP) is 2.55. The van der Waals surface area contributed by atoms with Crippen LogP contribution in [0.3, 0.4) is 0 Å². The summed E-state index contributed by atoms with van der Waals surface area (Å²) in [6.45, 7) is -0.539. The fourth-order valence-corrected chi connectivity index (χ4v) is 5.00. The van der Waals surface area contributed by atoms with Crippen molar-refractivity contribution in [1.82, 2.24) is 10.2 Å². The van der Waals surface area contributed by atoms with Crippen LogP contribution in [0.4, 0.5) is 0 Å². The summed E-state index contributed by atoms with van der Waals surface area (Å²) in [6.07, 6.45) is 0.491. The monoisotopic (exact) mass is 508 g/mol. The van der Waals surface area contributed by atoms with Crippen molar-refractivity contribution in [1.29, 1.82) is 0 Å². The Kier molecular flexibility index (Phi) is 7.62. The van der Waals surface area contributed by atoms with Crippen molar-refractivity contribution in [3.05, 3.63) is 41.6 Å². The first kappa shape index (κ1) is 23.3. The highest BCUT2D eigenvalue weighted by molar-refractivity contribution is 8.00. The molecule has 2 atom stereocenters. The average molecular weight is 510 g/mol. The van der Waals surface area contributed by atoms with E-state index >= 15 is 0 Å². The van der Waals surface area contributed by atoms with E-state index in [4.69, 9.17) is 39.5 Å². The number of nitrogens with zero attached hydrogens (tertiary/aromatic N) is 1. The minimum Gasteiger partial charge on any atom is -0.456 e. The topological polar surface area (TPSA) is 92.8 Å². The number of β-lactam (4-membered cyclic amide) rings is 1. The van der Waals surface area contributed by atoms with Gasteiger partial charge in [0.15, 0.2) is 0 Å². The quantitative estimate of drug-likeness (QED) is 0.198. The van der Waals surface area contributed by atoms with Crippen LogP contribution in [0.5, 0.6) is 0 Å². The number of carbonyl (C=O) groups excluding carboxylic acids is 4. The van der Waals surface area contributed by atoms with Gasteiger partial charge in [-0.3, -0.25) is 19.3 Å². The lowest BCUT2D eigenvalue weighted by Crippen LogP contribution is -2.70. The van der Waals surface area contributed by atoms with Gasteiger partial charge >= 0.3 is 5.97 Å². The highest BCUT2D eigenvalue weighted by Gasteiger charge is 2.54. The number of fused-ring (bicyclic) bond motifs is 1. The molecule has 0 radical (unpaired) electrons. The summed E-state index contributed by atoms with van der Waals surface area (Å²) in [5, 5.41) is 2.16.